The summed E-state index contributed by atoms with van der Waals surface area (Å²) in [6, 6.07) is 0. The summed E-state index contributed by atoms with van der Waals surface area (Å²) < 4.78 is 5.21. The van der Waals surface area contributed by atoms with Crippen LogP contribution in [0.5, 0.6) is 0 Å². The average Bonchev–Trinajstić information content (AvgIpc) is 2.51. The van der Waals surface area contributed by atoms with Gasteiger partial charge in [0.2, 0.25) is 5.39 Å². The third-order valence-corrected chi connectivity index (χ3v) is 3.40. The molecule has 0 bridgehead atoms. The molecule has 80 valence electrons. The van der Waals surface area contributed by atoms with Crippen LogP contribution in [0.2, 0.25) is 0 Å². The van der Waals surface area contributed by atoms with E-state index in [9.17, 15) is 9.90 Å². The van der Waals surface area contributed by atoms with Crippen LogP contribution in [0.15, 0.2) is 11.5 Å². The second-order valence-electron chi connectivity index (χ2n) is 4.08. The number of carbonyl (C=O) groups is 1. The maximum atomic E-state index is 11.7. The van der Waals surface area contributed by atoms with Gasteiger partial charge in [-0.25, -0.2) is 0 Å². The van der Waals surface area contributed by atoms with Crippen LogP contribution in [0.4, 0.5) is 0 Å². The SMILES string of the molecule is COC1CCC2C(=O)C([N+]#N)=C(O)C2C1. The summed E-state index contributed by atoms with van der Waals surface area (Å²) in [7, 11) is 1.62. The summed E-state index contributed by atoms with van der Waals surface area (Å²) in [5, 5.41) is 18.3. The molecule has 0 radical (unpaired) electrons. The molecule has 15 heavy (non-hydrogen) atoms. The van der Waals surface area contributed by atoms with E-state index in [0.717, 1.165) is 6.42 Å². The number of aliphatic hydroxyl groups is 1. The highest BCUT2D eigenvalue weighted by Gasteiger charge is 2.52. The standard InChI is InChI=1S/C10H12N2O3/c1-15-5-2-3-6-7(4-5)10(14)8(12-11)9(6)13/h5-7H,2-4H2,1H3/p+1. The quantitative estimate of drug-likeness (QED) is 0.666. The first-order chi connectivity index (χ1) is 7.19. The lowest BCUT2D eigenvalue weighted by molar-refractivity contribution is -0.120. The second-order valence-corrected chi connectivity index (χ2v) is 4.08. The zero-order chi connectivity index (χ0) is 11.0. The number of rotatable bonds is 1. The molecule has 1 fully saturated rings. The fourth-order valence-corrected chi connectivity index (χ4v) is 2.54. The lowest BCUT2D eigenvalue weighted by atomic mass is 9.79. The largest absolute Gasteiger partial charge is 0.505 e. The zero-order valence-electron chi connectivity index (χ0n) is 8.51. The highest BCUT2D eigenvalue weighted by Crippen LogP contribution is 2.43. The van der Waals surface area contributed by atoms with E-state index in [2.05, 4.69) is 4.98 Å². The fourth-order valence-electron chi connectivity index (χ4n) is 2.54. The maximum absolute atomic E-state index is 11.7. The van der Waals surface area contributed by atoms with E-state index in [1.165, 1.54) is 0 Å². The van der Waals surface area contributed by atoms with Crippen molar-refractivity contribution in [2.75, 3.05) is 7.11 Å². The van der Waals surface area contributed by atoms with E-state index in [1.54, 1.807) is 7.11 Å². The Kier molecular flexibility index (Phi) is 2.45. The van der Waals surface area contributed by atoms with Gasteiger partial charge in [-0.2, -0.15) is 0 Å². The number of carbonyl (C=O) groups excluding carboxylic acids is 1. The van der Waals surface area contributed by atoms with Crippen molar-refractivity contribution in [3.63, 3.8) is 0 Å². The highest BCUT2D eigenvalue weighted by molar-refractivity contribution is 6.02. The number of methoxy groups -OCH3 is 1. The van der Waals surface area contributed by atoms with Crippen molar-refractivity contribution in [2.45, 2.75) is 25.4 Å². The molecule has 2 aliphatic carbocycles. The summed E-state index contributed by atoms with van der Waals surface area (Å²) >= 11 is 0. The molecule has 0 aromatic carbocycles. The Balaban J connectivity index is 2.25. The number of allylic oxidation sites excluding steroid dienone is 2. The zero-order valence-corrected chi connectivity index (χ0v) is 8.51. The normalized spacial score (nSPS) is 35.2. The summed E-state index contributed by atoms with van der Waals surface area (Å²) in [4.78, 5) is 14.5. The molecule has 0 spiro atoms. The molecule has 3 atom stereocenters. The fraction of sp³-hybridized carbons (Fsp3) is 0.700. The molecular weight excluding hydrogens is 196 g/mol. The minimum Gasteiger partial charge on any atom is -0.505 e. The van der Waals surface area contributed by atoms with Gasteiger partial charge in [-0.1, -0.05) is 0 Å². The van der Waals surface area contributed by atoms with Crippen molar-refractivity contribution in [2.24, 2.45) is 11.8 Å². The van der Waals surface area contributed by atoms with E-state index in [1.807, 2.05) is 0 Å². The minimum atomic E-state index is -0.241. The van der Waals surface area contributed by atoms with Gasteiger partial charge in [0.05, 0.1) is 6.10 Å². The van der Waals surface area contributed by atoms with Gasteiger partial charge >= 0.3 is 5.70 Å². The molecule has 0 amide bonds. The Labute approximate surface area is 87.4 Å². The number of diazo groups is 1. The number of Topliss-reactive ketones (excluding diaryl/α,β-unsaturated/α-hetero) is 1. The minimum absolute atomic E-state index is 0.0748. The second kappa shape index (κ2) is 3.63. The van der Waals surface area contributed by atoms with Gasteiger partial charge in [-0.15, -0.1) is 0 Å². The molecule has 1 N–H and O–H groups in total. The molecule has 3 unspecified atom stereocenters. The molecule has 0 aromatic heterocycles. The number of hydrogen-bond donors (Lipinski definition) is 1. The molecule has 2 rings (SSSR count). The van der Waals surface area contributed by atoms with Crippen LogP contribution in [0, 0.1) is 17.2 Å². The number of ketones is 1. The van der Waals surface area contributed by atoms with Crippen LogP contribution in [0.1, 0.15) is 19.3 Å². The smallest absolute Gasteiger partial charge is 0.464 e. The number of nitrogens with zero attached hydrogens (tertiary/aromatic N) is 2. The Morgan fingerprint density at radius 3 is 2.80 bits per heavy atom. The van der Waals surface area contributed by atoms with Gasteiger partial charge in [0, 0.05) is 18.9 Å². The van der Waals surface area contributed by atoms with E-state index in [4.69, 9.17) is 10.1 Å². The topological polar surface area (TPSA) is 74.7 Å². The van der Waals surface area contributed by atoms with E-state index < -0.39 is 0 Å². The van der Waals surface area contributed by atoms with Crippen molar-refractivity contribution in [1.82, 2.24) is 0 Å². The molecule has 0 saturated heterocycles. The van der Waals surface area contributed by atoms with Crippen molar-refractivity contribution >= 4 is 5.78 Å². The van der Waals surface area contributed by atoms with Gasteiger partial charge < -0.3 is 9.84 Å². The van der Waals surface area contributed by atoms with Crippen molar-refractivity contribution in [3.8, 4) is 0 Å². The highest BCUT2D eigenvalue weighted by atomic mass is 16.5. The number of ether oxygens (including phenoxy) is 1. The number of hydrogen-bond acceptors (Lipinski definition) is 4. The average molecular weight is 209 g/mol. The Morgan fingerprint density at radius 1 is 1.47 bits per heavy atom. The van der Waals surface area contributed by atoms with Gasteiger partial charge in [-0.3, -0.25) is 4.79 Å². The third kappa shape index (κ3) is 1.41. The summed E-state index contributed by atoms with van der Waals surface area (Å²) in [6.45, 7) is 0. The van der Waals surface area contributed by atoms with Crippen LogP contribution in [0.25, 0.3) is 4.98 Å². The molecular formula is C10H13N2O3+. The van der Waals surface area contributed by atoms with Crippen molar-refractivity contribution < 1.29 is 14.6 Å². The van der Waals surface area contributed by atoms with Crippen molar-refractivity contribution in [1.29, 1.82) is 5.39 Å². The van der Waals surface area contributed by atoms with Gasteiger partial charge in [0.15, 0.2) is 10.7 Å². The Bertz CT molecular complexity index is 369. The van der Waals surface area contributed by atoms with Gasteiger partial charge in [-0.05, 0) is 19.3 Å². The predicted molar refractivity (Wildman–Crippen MR) is 51.4 cm³/mol. The van der Waals surface area contributed by atoms with Gasteiger partial charge in [0.1, 0.15) is 0 Å². The van der Waals surface area contributed by atoms with Crippen LogP contribution in [-0.4, -0.2) is 24.1 Å². The molecule has 0 heterocycles. The van der Waals surface area contributed by atoms with Gasteiger partial charge in [0.25, 0.3) is 5.78 Å². The third-order valence-electron chi connectivity index (χ3n) is 3.40. The lowest BCUT2D eigenvalue weighted by Crippen LogP contribution is -2.30. The van der Waals surface area contributed by atoms with Crippen LogP contribution >= 0.6 is 0 Å². The first-order valence-corrected chi connectivity index (χ1v) is 5.04. The molecule has 2 aliphatic rings. The molecule has 1 saturated carbocycles. The van der Waals surface area contributed by atoms with E-state index >= 15 is 0 Å². The van der Waals surface area contributed by atoms with Crippen LogP contribution in [-0.2, 0) is 9.53 Å². The first kappa shape index (κ1) is 10.1. The Hall–Kier alpha value is -1.41. The summed E-state index contributed by atoms with van der Waals surface area (Å²) in [5.74, 6) is -0.756. The Morgan fingerprint density at radius 2 is 2.20 bits per heavy atom. The summed E-state index contributed by atoms with van der Waals surface area (Å²) in [5.41, 5.74) is -0.165. The summed E-state index contributed by atoms with van der Waals surface area (Å²) in [6.07, 6.45) is 2.21. The first-order valence-electron chi connectivity index (χ1n) is 5.04. The van der Waals surface area contributed by atoms with Crippen molar-refractivity contribution in [3.05, 3.63) is 16.4 Å². The number of fused-ring (bicyclic) bond motifs is 1. The lowest BCUT2D eigenvalue weighted by Gasteiger charge is -2.29. The molecule has 0 aromatic rings. The molecule has 5 nitrogen and oxygen atoms in total. The monoisotopic (exact) mass is 209 g/mol. The predicted octanol–water partition coefficient (Wildman–Crippen LogP) is 1.62. The van der Waals surface area contributed by atoms with Crippen LogP contribution < -0.4 is 0 Å². The van der Waals surface area contributed by atoms with E-state index in [-0.39, 0.29) is 35.2 Å². The van der Waals surface area contributed by atoms with E-state index in [0.29, 0.717) is 12.8 Å². The maximum Gasteiger partial charge on any atom is 0.464 e. The number of aliphatic hydroxyl groups excluding tert-OH is 1. The van der Waals surface area contributed by atoms with Crippen LogP contribution in [0.3, 0.4) is 0 Å². The molecule has 5 heteroatoms. The molecule has 0 aliphatic heterocycles.